The first-order chi connectivity index (χ1) is 14.7. The molecule has 0 aliphatic carbocycles. The summed E-state index contributed by atoms with van der Waals surface area (Å²) in [5, 5.41) is 9.40. The van der Waals surface area contributed by atoms with Gasteiger partial charge in [-0.15, -0.1) is 0 Å². The predicted octanol–water partition coefficient (Wildman–Crippen LogP) is 3.64. The van der Waals surface area contributed by atoms with Crippen LogP contribution in [0.15, 0.2) is 48.5 Å². The summed E-state index contributed by atoms with van der Waals surface area (Å²) in [6, 6.07) is 14.2. The number of sulfonamides is 1. The van der Waals surface area contributed by atoms with Crippen LogP contribution in [0.4, 0.5) is 10.5 Å². The molecule has 9 heteroatoms. The molecule has 31 heavy (non-hydrogen) atoms. The summed E-state index contributed by atoms with van der Waals surface area (Å²) < 4.78 is 30.5. The molecule has 0 saturated heterocycles. The van der Waals surface area contributed by atoms with Gasteiger partial charge in [0.15, 0.2) is 5.78 Å². The number of hydrogen-bond donors (Lipinski definition) is 2. The second-order valence-electron chi connectivity index (χ2n) is 7.17. The Labute approximate surface area is 182 Å². The van der Waals surface area contributed by atoms with E-state index in [-0.39, 0.29) is 17.9 Å². The number of benzene rings is 2. The van der Waals surface area contributed by atoms with Gasteiger partial charge in [0.1, 0.15) is 5.75 Å². The number of carbonyl (C=O) groups is 2. The van der Waals surface area contributed by atoms with Crippen molar-refractivity contribution in [1.82, 2.24) is 4.90 Å². The number of unbranched alkanes of at least 4 members (excludes halogenated alkanes) is 1. The molecule has 0 spiro atoms. The maximum atomic E-state index is 12.5. The average Bonchev–Trinajstić information content (AvgIpc) is 2.72. The molecule has 168 valence electrons. The van der Waals surface area contributed by atoms with Gasteiger partial charge in [-0.05, 0) is 43.0 Å². The van der Waals surface area contributed by atoms with Gasteiger partial charge >= 0.3 is 6.09 Å². The van der Waals surface area contributed by atoms with Crippen molar-refractivity contribution in [2.24, 2.45) is 0 Å². The SMILES string of the molecule is COc1ccc(C(=O)CCCCN(CCc2ccccc2)C(=O)O)cc1NS(C)(=O)=O. The predicted molar refractivity (Wildman–Crippen MR) is 119 cm³/mol. The number of anilines is 1. The minimum Gasteiger partial charge on any atom is -0.495 e. The van der Waals surface area contributed by atoms with Crippen LogP contribution in [0.25, 0.3) is 0 Å². The van der Waals surface area contributed by atoms with E-state index in [9.17, 15) is 23.1 Å². The largest absolute Gasteiger partial charge is 0.495 e. The minimum atomic E-state index is -3.52. The Morgan fingerprint density at radius 3 is 2.39 bits per heavy atom. The molecule has 2 aromatic carbocycles. The van der Waals surface area contributed by atoms with Gasteiger partial charge in [0.25, 0.3) is 0 Å². The number of Topliss-reactive ketones (excluding diaryl/α,β-unsaturated/α-hetero) is 1. The molecule has 2 aromatic rings. The van der Waals surface area contributed by atoms with E-state index in [1.807, 2.05) is 30.3 Å². The van der Waals surface area contributed by atoms with Crippen molar-refractivity contribution in [3.8, 4) is 5.75 Å². The number of ether oxygens (including phenoxy) is 1. The van der Waals surface area contributed by atoms with Gasteiger partial charge < -0.3 is 14.7 Å². The molecule has 0 unspecified atom stereocenters. The topological polar surface area (TPSA) is 113 Å². The lowest BCUT2D eigenvalue weighted by Crippen LogP contribution is -2.32. The number of carbonyl (C=O) groups excluding carboxylic acids is 1. The number of ketones is 1. The summed E-state index contributed by atoms with van der Waals surface area (Å²) >= 11 is 0. The van der Waals surface area contributed by atoms with Crippen molar-refractivity contribution in [2.75, 3.05) is 31.2 Å². The third-order valence-corrected chi connectivity index (χ3v) is 5.27. The first-order valence-electron chi connectivity index (χ1n) is 9.90. The summed E-state index contributed by atoms with van der Waals surface area (Å²) in [4.78, 5) is 25.3. The van der Waals surface area contributed by atoms with Crippen LogP contribution < -0.4 is 9.46 Å². The van der Waals surface area contributed by atoms with Crippen LogP contribution in [0.5, 0.6) is 5.75 Å². The molecule has 2 rings (SSSR count). The molecule has 0 aliphatic heterocycles. The van der Waals surface area contributed by atoms with E-state index >= 15 is 0 Å². The molecule has 1 amide bonds. The Kier molecular flexibility index (Phi) is 8.87. The quantitative estimate of drug-likeness (QED) is 0.379. The summed E-state index contributed by atoms with van der Waals surface area (Å²) in [7, 11) is -2.11. The van der Waals surface area contributed by atoms with Gasteiger partial charge in [-0.2, -0.15) is 0 Å². The zero-order valence-electron chi connectivity index (χ0n) is 17.7. The number of nitrogens with one attached hydrogen (secondary N) is 1. The van der Waals surface area contributed by atoms with E-state index in [0.717, 1.165) is 11.8 Å². The first-order valence-corrected chi connectivity index (χ1v) is 11.8. The third-order valence-electron chi connectivity index (χ3n) is 4.68. The van der Waals surface area contributed by atoms with Gasteiger partial charge in [-0.3, -0.25) is 9.52 Å². The maximum Gasteiger partial charge on any atom is 0.407 e. The van der Waals surface area contributed by atoms with Crippen LogP contribution in [-0.4, -0.2) is 56.8 Å². The fourth-order valence-electron chi connectivity index (χ4n) is 3.11. The highest BCUT2D eigenvalue weighted by molar-refractivity contribution is 7.92. The fraction of sp³-hybridized carbons (Fsp3) is 0.364. The van der Waals surface area contributed by atoms with Gasteiger partial charge in [0, 0.05) is 25.1 Å². The number of nitrogens with zero attached hydrogens (tertiary/aromatic N) is 1. The fourth-order valence-corrected chi connectivity index (χ4v) is 3.66. The molecule has 0 heterocycles. The van der Waals surface area contributed by atoms with E-state index in [1.54, 1.807) is 6.07 Å². The number of carboxylic acid groups (broad SMARTS) is 1. The lowest BCUT2D eigenvalue weighted by Gasteiger charge is -2.19. The Bertz CT molecular complexity index is 992. The zero-order chi connectivity index (χ0) is 22.9. The van der Waals surface area contributed by atoms with Crippen molar-refractivity contribution >= 4 is 27.6 Å². The summed E-state index contributed by atoms with van der Waals surface area (Å²) in [6.45, 7) is 0.741. The molecule has 2 N–H and O–H groups in total. The highest BCUT2D eigenvalue weighted by atomic mass is 32.2. The summed E-state index contributed by atoms with van der Waals surface area (Å²) in [5.41, 5.74) is 1.64. The first kappa shape index (κ1) is 24.2. The molecule has 8 nitrogen and oxygen atoms in total. The molecule has 0 bridgehead atoms. The normalized spacial score (nSPS) is 11.0. The van der Waals surface area contributed by atoms with Crippen molar-refractivity contribution in [2.45, 2.75) is 25.7 Å². The van der Waals surface area contributed by atoms with Crippen molar-refractivity contribution < 1.29 is 27.9 Å². The van der Waals surface area contributed by atoms with Crippen LogP contribution >= 0.6 is 0 Å². The lowest BCUT2D eigenvalue weighted by atomic mass is 10.0. The number of methoxy groups -OCH3 is 1. The van der Waals surface area contributed by atoms with Crippen LogP contribution in [0.1, 0.15) is 35.2 Å². The second-order valence-corrected chi connectivity index (χ2v) is 8.92. The Morgan fingerprint density at radius 1 is 1.06 bits per heavy atom. The molecule has 0 atom stereocenters. The van der Waals surface area contributed by atoms with Crippen LogP contribution in [0.3, 0.4) is 0 Å². The van der Waals surface area contributed by atoms with Gasteiger partial charge in [0.2, 0.25) is 10.0 Å². The molecule has 0 aromatic heterocycles. The third kappa shape index (κ3) is 8.29. The van der Waals surface area contributed by atoms with Crippen molar-refractivity contribution in [3.05, 3.63) is 59.7 Å². The Balaban J connectivity index is 1.87. The summed E-state index contributed by atoms with van der Waals surface area (Å²) in [6.07, 6.45) is 1.98. The van der Waals surface area contributed by atoms with E-state index in [1.165, 1.54) is 24.1 Å². The van der Waals surface area contributed by atoms with E-state index < -0.39 is 16.1 Å². The molecule has 0 saturated carbocycles. The van der Waals surface area contributed by atoms with Gasteiger partial charge in [-0.1, -0.05) is 30.3 Å². The van der Waals surface area contributed by atoms with Gasteiger partial charge in [0.05, 0.1) is 19.1 Å². The number of amides is 1. The smallest absolute Gasteiger partial charge is 0.407 e. The standard InChI is InChI=1S/C22H28N2O6S/c1-30-21-12-11-18(16-19(21)23-31(2,28)29)20(25)10-6-7-14-24(22(26)27)15-13-17-8-4-3-5-9-17/h3-5,8-9,11-12,16,23H,6-7,10,13-15H2,1-2H3,(H,26,27). The highest BCUT2D eigenvalue weighted by Gasteiger charge is 2.14. The van der Waals surface area contributed by atoms with E-state index in [2.05, 4.69) is 4.72 Å². The molecular formula is C22H28N2O6S. The lowest BCUT2D eigenvalue weighted by molar-refractivity contribution is 0.0978. The molecule has 0 aliphatic rings. The average molecular weight is 449 g/mol. The van der Waals surface area contributed by atoms with Crippen molar-refractivity contribution in [1.29, 1.82) is 0 Å². The summed E-state index contributed by atoms with van der Waals surface area (Å²) in [5.74, 6) is 0.169. The minimum absolute atomic E-state index is 0.148. The second kappa shape index (κ2) is 11.4. The Morgan fingerprint density at radius 2 is 1.77 bits per heavy atom. The van der Waals surface area contributed by atoms with Crippen LogP contribution in [-0.2, 0) is 16.4 Å². The zero-order valence-corrected chi connectivity index (χ0v) is 18.5. The molecule has 0 radical (unpaired) electrons. The van der Waals surface area contributed by atoms with Crippen LogP contribution in [0.2, 0.25) is 0 Å². The van der Waals surface area contributed by atoms with Gasteiger partial charge in [-0.25, -0.2) is 13.2 Å². The number of hydrogen-bond acceptors (Lipinski definition) is 5. The monoisotopic (exact) mass is 448 g/mol. The molecule has 0 fully saturated rings. The maximum absolute atomic E-state index is 12.5. The number of rotatable bonds is 12. The molecular weight excluding hydrogens is 420 g/mol. The van der Waals surface area contributed by atoms with E-state index in [4.69, 9.17) is 4.74 Å². The van der Waals surface area contributed by atoms with Crippen LogP contribution in [0, 0.1) is 0 Å². The van der Waals surface area contributed by atoms with E-state index in [0.29, 0.717) is 43.7 Å². The Hall–Kier alpha value is -3.07. The highest BCUT2D eigenvalue weighted by Crippen LogP contribution is 2.27. The van der Waals surface area contributed by atoms with Crippen molar-refractivity contribution in [3.63, 3.8) is 0 Å².